The molecule has 0 bridgehead atoms. The molecule has 0 atom stereocenters. The van der Waals surface area contributed by atoms with Crippen molar-refractivity contribution in [1.82, 2.24) is 15.3 Å². The van der Waals surface area contributed by atoms with Crippen molar-refractivity contribution in [2.75, 3.05) is 18.9 Å². The molecule has 0 fully saturated rings. The normalized spacial score (nSPS) is 10.8. The van der Waals surface area contributed by atoms with E-state index in [1.807, 2.05) is 13.8 Å². The topological polar surface area (TPSA) is 66.9 Å². The van der Waals surface area contributed by atoms with Gasteiger partial charge in [0.05, 0.1) is 18.4 Å². The molecule has 0 aromatic carbocycles. The Kier molecular flexibility index (Phi) is 4.94. The van der Waals surface area contributed by atoms with Crippen molar-refractivity contribution in [3.63, 3.8) is 0 Å². The number of rotatable bonds is 5. The molecule has 0 saturated carbocycles. The van der Waals surface area contributed by atoms with Gasteiger partial charge in [-0.1, -0.05) is 13.8 Å². The largest absolute Gasteiger partial charge is 0.385 e. The fourth-order valence-electron chi connectivity index (χ4n) is 1.28. The number of anilines is 1. The maximum Gasteiger partial charge on any atom is 0.272 e. The average molecular weight is 258 g/mol. The predicted molar refractivity (Wildman–Crippen MR) is 64.0 cm³/mol. The molecule has 1 heterocycles. The van der Waals surface area contributed by atoms with Crippen LogP contribution in [0.2, 0.25) is 0 Å². The van der Waals surface area contributed by atoms with Crippen LogP contribution in [0.5, 0.6) is 0 Å². The number of carbonyl (C=O) groups is 1. The van der Waals surface area contributed by atoms with Crippen molar-refractivity contribution in [3.05, 3.63) is 17.7 Å². The van der Waals surface area contributed by atoms with Gasteiger partial charge in [0.1, 0.15) is 5.82 Å². The minimum absolute atomic E-state index is 0.0533. The van der Waals surface area contributed by atoms with E-state index in [0.29, 0.717) is 11.5 Å². The second kappa shape index (κ2) is 6.23. The third kappa shape index (κ3) is 3.61. The molecule has 0 aliphatic carbocycles. The van der Waals surface area contributed by atoms with E-state index in [1.165, 1.54) is 6.20 Å². The summed E-state index contributed by atoms with van der Waals surface area (Å²) in [5.74, 6) is -0.0855. The predicted octanol–water partition coefficient (Wildman–Crippen LogP) is 1.64. The van der Waals surface area contributed by atoms with Crippen LogP contribution in [0.15, 0.2) is 6.20 Å². The molecule has 2 N–H and O–H groups in total. The smallest absolute Gasteiger partial charge is 0.272 e. The van der Waals surface area contributed by atoms with Crippen LogP contribution >= 0.6 is 0 Å². The summed E-state index contributed by atoms with van der Waals surface area (Å²) in [7, 11) is 1.61. The third-order valence-electron chi connectivity index (χ3n) is 2.23. The van der Waals surface area contributed by atoms with E-state index in [4.69, 9.17) is 0 Å². The highest BCUT2D eigenvalue weighted by molar-refractivity contribution is 5.97. The molecule has 1 amide bonds. The first-order valence-corrected chi connectivity index (χ1v) is 5.56. The van der Waals surface area contributed by atoms with Crippen molar-refractivity contribution in [2.24, 2.45) is 0 Å². The first kappa shape index (κ1) is 14.3. The molecule has 0 unspecified atom stereocenters. The Labute approximate surface area is 104 Å². The van der Waals surface area contributed by atoms with Gasteiger partial charge in [0.15, 0.2) is 5.69 Å². The van der Waals surface area contributed by atoms with Crippen molar-refractivity contribution >= 4 is 11.6 Å². The second-order valence-electron chi connectivity index (χ2n) is 4.00. The monoisotopic (exact) mass is 258 g/mol. The van der Waals surface area contributed by atoms with Crippen molar-refractivity contribution in [2.45, 2.75) is 26.2 Å². The highest BCUT2D eigenvalue weighted by atomic mass is 19.3. The molecule has 1 rings (SSSR count). The zero-order valence-corrected chi connectivity index (χ0v) is 10.5. The Morgan fingerprint density at radius 2 is 2.11 bits per heavy atom. The summed E-state index contributed by atoms with van der Waals surface area (Å²) in [4.78, 5) is 19.9. The van der Waals surface area contributed by atoms with Crippen LogP contribution in [0.4, 0.5) is 14.5 Å². The molecule has 1 aromatic heterocycles. The SMILES string of the molecule is CNc1cnc(C(C)C)nc1C(=O)NCC(F)F. The quantitative estimate of drug-likeness (QED) is 0.842. The van der Waals surface area contributed by atoms with E-state index in [0.717, 1.165) is 0 Å². The summed E-state index contributed by atoms with van der Waals surface area (Å²) < 4.78 is 24.1. The van der Waals surface area contributed by atoms with Crippen LogP contribution in [0.3, 0.4) is 0 Å². The van der Waals surface area contributed by atoms with E-state index < -0.39 is 18.9 Å². The lowest BCUT2D eigenvalue weighted by Crippen LogP contribution is -2.30. The van der Waals surface area contributed by atoms with Crippen LogP contribution in [0.25, 0.3) is 0 Å². The molecule has 0 saturated heterocycles. The molecule has 1 aromatic rings. The first-order chi connectivity index (χ1) is 8.45. The molecule has 0 spiro atoms. The number of nitrogens with zero attached hydrogens (tertiary/aromatic N) is 2. The van der Waals surface area contributed by atoms with Gasteiger partial charge in [-0.3, -0.25) is 4.79 Å². The number of aromatic nitrogens is 2. The minimum atomic E-state index is -2.58. The van der Waals surface area contributed by atoms with Crippen LogP contribution in [-0.2, 0) is 0 Å². The minimum Gasteiger partial charge on any atom is -0.385 e. The highest BCUT2D eigenvalue weighted by Crippen LogP contribution is 2.15. The molecular weight excluding hydrogens is 242 g/mol. The lowest BCUT2D eigenvalue weighted by molar-refractivity contribution is 0.0887. The van der Waals surface area contributed by atoms with Gasteiger partial charge in [-0.25, -0.2) is 18.7 Å². The number of nitrogens with one attached hydrogen (secondary N) is 2. The van der Waals surface area contributed by atoms with E-state index >= 15 is 0 Å². The summed E-state index contributed by atoms with van der Waals surface area (Å²) >= 11 is 0. The third-order valence-corrected chi connectivity index (χ3v) is 2.23. The zero-order chi connectivity index (χ0) is 13.7. The van der Waals surface area contributed by atoms with E-state index in [1.54, 1.807) is 7.05 Å². The molecular formula is C11H16F2N4O. The maximum atomic E-state index is 12.0. The summed E-state index contributed by atoms with van der Waals surface area (Å²) in [6.45, 7) is 3.08. The first-order valence-electron chi connectivity index (χ1n) is 5.56. The summed E-state index contributed by atoms with van der Waals surface area (Å²) in [6.07, 6.45) is -1.11. The van der Waals surface area contributed by atoms with Crippen molar-refractivity contribution < 1.29 is 13.6 Å². The fraction of sp³-hybridized carbons (Fsp3) is 0.545. The lowest BCUT2D eigenvalue weighted by Gasteiger charge is -2.11. The molecule has 0 radical (unpaired) electrons. The van der Waals surface area contributed by atoms with E-state index in [-0.39, 0.29) is 11.6 Å². The number of hydrogen-bond donors (Lipinski definition) is 2. The van der Waals surface area contributed by atoms with E-state index in [9.17, 15) is 13.6 Å². The summed E-state index contributed by atoms with van der Waals surface area (Å²) in [5, 5.41) is 4.88. The van der Waals surface area contributed by atoms with Crippen LogP contribution < -0.4 is 10.6 Å². The van der Waals surface area contributed by atoms with Gasteiger partial charge in [-0.05, 0) is 0 Å². The fourth-order valence-corrected chi connectivity index (χ4v) is 1.28. The van der Waals surface area contributed by atoms with E-state index in [2.05, 4.69) is 20.6 Å². The lowest BCUT2D eigenvalue weighted by atomic mass is 10.2. The molecule has 5 nitrogen and oxygen atoms in total. The number of alkyl halides is 2. The zero-order valence-electron chi connectivity index (χ0n) is 10.5. The van der Waals surface area contributed by atoms with Crippen LogP contribution in [0.1, 0.15) is 36.1 Å². The molecule has 0 aliphatic rings. The second-order valence-corrected chi connectivity index (χ2v) is 4.00. The molecule has 18 heavy (non-hydrogen) atoms. The molecule has 0 aliphatic heterocycles. The number of carbonyl (C=O) groups excluding carboxylic acids is 1. The summed E-state index contributed by atoms with van der Waals surface area (Å²) in [6, 6.07) is 0. The molecule has 100 valence electrons. The number of hydrogen-bond acceptors (Lipinski definition) is 4. The highest BCUT2D eigenvalue weighted by Gasteiger charge is 2.16. The Hall–Kier alpha value is -1.79. The van der Waals surface area contributed by atoms with Gasteiger partial charge in [0.2, 0.25) is 0 Å². The van der Waals surface area contributed by atoms with Crippen molar-refractivity contribution in [1.29, 1.82) is 0 Å². The van der Waals surface area contributed by atoms with Gasteiger partial charge in [-0.2, -0.15) is 0 Å². The summed E-state index contributed by atoms with van der Waals surface area (Å²) in [5.41, 5.74) is 0.489. The molecule has 7 heteroatoms. The van der Waals surface area contributed by atoms with Gasteiger partial charge in [-0.15, -0.1) is 0 Å². The van der Waals surface area contributed by atoms with Crippen LogP contribution in [0, 0.1) is 0 Å². The van der Waals surface area contributed by atoms with Crippen molar-refractivity contribution in [3.8, 4) is 0 Å². The Balaban J connectivity index is 2.96. The van der Waals surface area contributed by atoms with Gasteiger partial charge >= 0.3 is 0 Å². The number of halogens is 2. The Bertz CT molecular complexity index is 424. The Morgan fingerprint density at radius 1 is 1.44 bits per heavy atom. The van der Waals surface area contributed by atoms with Gasteiger partial charge in [0.25, 0.3) is 12.3 Å². The maximum absolute atomic E-state index is 12.0. The van der Waals surface area contributed by atoms with Gasteiger partial charge < -0.3 is 10.6 Å². The van der Waals surface area contributed by atoms with Gasteiger partial charge in [0, 0.05) is 13.0 Å². The standard InChI is InChI=1S/C11H16F2N4O/c1-6(2)10-15-4-7(14-3)9(17-10)11(18)16-5-8(12)13/h4,6,8,14H,5H2,1-3H3,(H,16,18). The average Bonchev–Trinajstić information content (AvgIpc) is 2.34. The number of amides is 1. The van der Waals surface area contributed by atoms with Crippen LogP contribution in [-0.4, -0.2) is 35.9 Å². The Morgan fingerprint density at radius 3 is 2.61 bits per heavy atom.